The first-order valence-electron chi connectivity index (χ1n) is 12.1. The fourth-order valence-corrected chi connectivity index (χ4v) is 5.66. The average Bonchev–Trinajstić information content (AvgIpc) is 3.19. The van der Waals surface area contributed by atoms with Gasteiger partial charge in [-0.3, -0.25) is 9.47 Å². The van der Waals surface area contributed by atoms with E-state index >= 15 is 0 Å². The van der Waals surface area contributed by atoms with E-state index < -0.39 is 30.7 Å². The number of ether oxygens (including phenoxy) is 1. The third kappa shape index (κ3) is 4.00. The van der Waals surface area contributed by atoms with Gasteiger partial charge in [0.15, 0.2) is 22.9 Å². The van der Waals surface area contributed by atoms with E-state index in [1.54, 1.807) is 30.3 Å². The highest BCUT2D eigenvalue weighted by molar-refractivity contribution is 6.30. The summed E-state index contributed by atoms with van der Waals surface area (Å²) in [5.74, 6) is 0.962. The molecular formula is C25H22ClF4N7O. The van der Waals surface area contributed by atoms with Crippen LogP contribution in [0.25, 0.3) is 5.69 Å². The van der Waals surface area contributed by atoms with E-state index in [2.05, 4.69) is 15.2 Å². The second-order valence-corrected chi connectivity index (χ2v) is 10.3. The van der Waals surface area contributed by atoms with E-state index in [0.717, 1.165) is 0 Å². The molecule has 0 atom stereocenters. The van der Waals surface area contributed by atoms with Crippen molar-refractivity contribution in [3.05, 3.63) is 64.1 Å². The number of alkyl halides is 3. The average molecular weight is 548 g/mol. The van der Waals surface area contributed by atoms with Crippen LogP contribution in [0.1, 0.15) is 41.7 Å². The van der Waals surface area contributed by atoms with Gasteiger partial charge in [-0.25, -0.2) is 9.37 Å². The summed E-state index contributed by atoms with van der Waals surface area (Å²) in [5, 5.41) is 18.3. The van der Waals surface area contributed by atoms with Gasteiger partial charge >= 0.3 is 6.18 Å². The van der Waals surface area contributed by atoms with Gasteiger partial charge in [-0.1, -0.05) is 11.6 Å². The minimum absolute atomic E-state index is 0.0120. The van der Waals surface area contributed by atoms with Gasteiger partial charge in [0.25, 0.3) is 0 Å². The maximum Gasteiger partial charge on any atom is 0.411 e. The van der Waals surface area contributed by atoms with E-state index in [0.29, 0.717) is 59.7 Å². The van der Waals surface area contributed by atoms with Crippen LogP contribution >= 0.6 is 11.6 Å². The molecule has 8 nitrogen and oxygen atoms in total. The Morgan fingerprint density at radius 1 is 1.08 bits per heavy atom. The van der Waals surface area contributed by atoms with Gasteiger partial charge in [0, 0.05) is 30.6 Å². The van der Waals surface area contributed by atoms with Crippen LogP contribution in [0.5, 0.6) is 0 Å². The Morgan fingerprint density at radius 3 is 2.50 bits per heavy atom. The van der Waals surface area contributed by atoms with Crippen LogP contribution in [0.15, 0.2) is 30.3 Å². The monoisotopic (exact) mass is 547 g/mol. The number of aromatic nitrogens is 4. The molecule has 13 heteroatoms. The number of rotatable bonds is 3. The highest BCUT2D eigenvalue weighted by atomic mass is 35.5. The highest BCUT2D eigenvalue weighted by Crippen LogP contribution is 2.44. The number of nitrogens with zero attached hydrogens (tertiary/aromatic N) is 7. The molecule has 2 aromatic heterocycles. The summed E-state index contributed by atoms with van der Waals surface area (Å²) in [4.78, 5) is 7.48. The number of halogens is 5. The lowest BCUT2D eigenvalue weighted by atomic mass is 9.93. The zero-order chi connectivity index (χ0) is 26.7. The van der Waals surface area contributed by atoms with Crippen molar-refractivity contribution >= 4 is 17.4 Å². The molecule has 0 unspecified atom stereocenters. The predicted octanol–water partition coefficient (Wildman–Crippen LogP) is 4.36. The molecular weight excluding hydrogens is 526 g/mol. The Balaban J connectivity index is 1.31. The summed E-state index contributed by atoms with van der Waals surface area (Å²) in [6.45, 7) is 0.303. The first-order valence-corrected chi connectivity index (χ1v) is 12.5. The van der Waals surface area contributed by atoms with Gasteiger partial charge in [-0.2, -0.15) is 18.4 Å². The predicted molar refractivity (Wildman–Crippen MR) is 128 cm³/mol. The topological polar surface area (TPSA) is 83.1 Å². The molecule has 38 heavy (non-hydrogen) atoms. The van der Waals surface area contributed by atoms with Crippen LogP contribution in [-0.2, 0) is 17.8 Å². The molecule has 2 saturated heterocycles. The summed E-state index contributed by atoms with van der Waals surface area (Å²) in [7, 11) is 0. The van der Waals surface area contributed by atoms with Crippen molar-refractivity contribution < 1.29 is 22.3 Å². The largest absolute Gasteiger partial charge is 0.411 e. The summed E-state index contributed by atoms with van der Waals surface area (Å²) in [5.41, 5.74) is -0.972. The van der Waals surface area contributed by atoms with Crippen molar-refractivity contribution in [1.29, 1.82) is 5.26 Å². The quantitative estimate of drug-likeness (QED) is 0.451. The molecule has 6 rings (SSSR count). The van der Waals surface area contributed by atoms with E-state index in [1.165, 1.54) is 11.0 Å². The van der Waals surface area contributed by atoms with Crippen molar-refractivity contribution in [1.82, 2.24) is 24.6 Å². The summed E-state index contributed by atoms with van der Waals surface area (Å²) >= 11 is 6.26. The van der Waals surface area contributed by atoms with Crippen LogP contribution < -0.4 is 4.90 Å². The van der Waals surface area contributed by atoms with Gasteiger partial charge in [-0.15, -0.1) is 10.2 Å². The first-order chi connectivity index (χ1) is 18.2. The Hall–Kier alpha value is -3.27. The maximum atomic E-state index is 14.2. The van der Waals surface area contributed by atoms with Crippen molar-refractivity contribution in [2.45, 2.75) is 43.6 Å². The van der Waals surface area contributed by atoms with Crippen molar-refractivity contribution in [2.75, 3.05) is 31.2 Å². The van der Waals surface area contributed by atoms with Crippen LogP contribution in [0.3, 0.4) is 0 Å². The molecule has 0 saturated carbocycles. The molecule has 5 heterocycles. The van der Waals surface area contributed by atoms with E-state index in [9.17, 15) is 17.6 Å². The lowest BCUT2D eigenvalue weighted by Gasteiger charge is -2.49. The molecule has 0 bridgehead atoms. The number of hydrogen-bond acceptors (Lipinski definition) is 7. The number of piperidine rings is 1. The molecule has 0 amide bonds. The summed E-state index contributed by atoms with van der Waals surface area (Å²) in [6.07, 6.45) is -3.13. The molecule has 1 aromatic carbocycles. The first kappa shape index (κ1) is 25.0. The summed E-state index contributed by atoms with van der Waals surface area (Å²) in [6, 6.07) is 9.76. The molecule has 198 valence electrons. The van der Waals surface area contributed by atoms with Crippen LogP contribution in [0.4, 0.5) is 23.4 Å². The van der Waals surface area contributed by atoms with Gasteiger partial charge in [-0.05, 0) is 48.7 Å². The number of pyridine rings is 1. The smallest absolute Gasteiger partial charge is 0.377 e. The minimum atomic E-state index is -4.48. The van der Waals surface area contributed by atoms with Crippen molar-refractivity contribution in [3.63, 3.8) is 0 Å². The summed E-state index contributed by atoms with van der Waals surface area (Å²) < 4.78 is 63.3. The Kier molecular flexibility index (Phi) is 6.05. The maximum absolute atomic E-state index is 14.2. The van der Waals surface area contributed by atoms with Crippen molar-refractivity contribution in [3.8, 4) is 11.8 Å². The van der Waals surface area contributed by atoms with Crippen LogP contribution in [0, 0.1) is 17.1 Å². The molecule has 3 aromatic rings. The fourth-order valence-electron chi connectivity index (χ4n) is 5.47. The van der Waals surface area contributed by atoms with Gasteiger partial charge in [0.1, 0.15) is 17.7 Å². The Bertz CT molecular complexity index is 1420. The zero-order valence-electron chi connectivity index (χ0n) is 20.0. The second-order valence-electron chi connectivity index (χ2n) is 9.83. The number of hydrogen-bond donors (Lipinski definition) is 0. The number of anilines is 1. The third-order valence-electron chi connectivity index (χ3n) is 7.67. The lowest BCUT2D eigenvalue weighted by molar-refractivity contribution is -0.310. The lowest BCUT2D eigenvalue weighted by Crippen LogP contribution is -2.69. The number of nitriles is 1. The Morgan fingerprint density at radius 2 is 1.84 bits per heavy atom. The van der Waals surface area contributed by atoms with Gasteiger partial charge in [0.2, 0.25) is 0 Å². The molecule has 3 aliphatic heterocycles. The van der Waals surface area contributed by atoms with Crippen LogP contribution in [-0.4, -0.2) is 62.7 Å². The zero-order valence-corrected chi connectivity index (χ0v) is 20.8. The third-order valence-corrected chi connectivity index (χ3v) is 7.90. The van der Waals surface area contributed by atoms with E-state index in [-0.39, 0.29) is 24.7 Å². The highest BCUT2D eigenvalue weighted by Gasteiger charge is 2.63. The van der Waals surface area contributed by atoms with Crippen LogP contribution in [0.2, 0.25) is 5.02 Å². The normalized spacial score (nSPS) is 19.7. The second kappa shape index (κ2) is 9.18. The van der Waals surface area contributed by atoms with Gasteiger partial charge < -0.3 is 9.64 Å². The minimum Gasteiger partial charge on any atom is -0.377 e. The number of fused-ring (bicyclic) bond motifs is 3. The van der Waals surface area contributed by atoms with E-state index in [1.807, 2.05) is 9.47 Å². The molecule has 0 N–H and O–H groups in total. The molecule has 0 aliphatic carbocycles. The molecule has 0 radical (unpaired) electrons. The van der Waals surface area contributed by atoms with Crippen molar-refractivity contribution in [2.24, 2.45) is 0 Å². The molecule has 3 aliphatic rings. The number of benzene rings is 1. The molecule has 0 spiro atoms. The SMILES string of the molecule is N#Cc1nc(N2CCC(c3nnc4n3-c3ccc(Cl)cc3CN(C3(C(F)(F)F)COC3)C4)CC2)ccc1F. The molecule has 2 fully saturated rings. The fraction of sp³-hybridized carbons (Fsp3) is 0.440. The standard InChI is InChI=1S/C25H22ClF4N7O/c26-17-1-3-20-16(9-17)11-36(24(13-38-14-24)25(28,29)30)12-22-33-34-23(37(20)22)15-5-7-35(8-6-15)21-4-2-18(27)19(10-31)32-21/h1-4,9,15H,5-8,11-14H2. The van der Waals surface area contributed by atoms with E-state index in [4.69, 9.17) is 21.6 Å². The Labute approximate surface area is 220 Å². The van der Waals surface area contributed by atoms with Gasteiger partial charge in [0.05, 0.1) is 25.4 Å².